The van der Waals surface area contributed by atoms with Crippen LogP contribution in [0.4, 0.5) is 26.3 Å². The van der Waals surface area contributed by atoms with Crippen LogP contribution in [0.5, 0.6) is 0 Å². The molecule has 0 bridgehead atoms. The molecule has 1 aromatic carbocycles. The van der Waals surface area contributed by atoms with Crippen LogP contribution >= 0.6 is 0 Å². The lowest BCUT2D eigenvalue weighted by Crippen LogP contribution is -2.44. The summed E-state index contributed by atoms with van der Waals surface area (Å²) in [7, 11) is 1.79. The van der Waals surface area contributed by atoms with Gasteiger partial charge in [-0.05, 0) is 25.0 Å². The SMILES string of the molecule is COC1COC2(CCN(Cc3ccc4ccccc4n3)CC2)C1.O=C(O)C(F)(F)F.O=C(O)C(F)(F)F. The number of hydrogen-bond acceptors (Lipinski definition) is 6. The van der Waals surface area contributed by atoms with Gasteiger partial charge in [0.05, 0.1) is 29.5 Å². The fourth-order valence-corrected chi connectivity index (χ4v) is 3.85. The van der Waals surface area contributed by atoms with E-state index in [9.17, 15) is 26.3 Å². The largest absolute Gasteiger partial charge is 0.490 e. The monoisotopic (exact) mass is 540 g/mol. The summed E-state index contributed by atoms with van der Waals surface area (Å²) < 4.78 is 75.0. The molecule has 14 heteroatoms. The van der Waals surface area contributed by atoms with E-state index >= 15 is 0 Å². The molecule has 0 radical (unpaired) electrons. The van der Waals surface area contributed by atoms with Crippen molar-refractivity contribution >= 4 is 22.8 Å². The predicted octanol–water partition coefficient (Wildman–Crippen LogP) is 4.27. The summed E-state index contributed by atoms with van der Waals surface area (Å²) in [6.45, 7) is 3.83. The number of carboxylic acids is 2. The fourth-order valence-electron chi connectivity index (χ4n) is 3.85. The van der Waals surface area contributed by atoms with Gasteiger partial charge in [0.25, 0.3) is 0 Å². The Balaban J connectivity index is 0.000000286. The molecule has 3 heterocycles. The van der Waals surface area contributed by atoms with Crippen LogP contribution in [0.2, 0.25) is 0 Å². The van der Waals surface area contributed by atoms with Gasteiger partial charge in [-0.2, -0.15) is 26.3 Å². The van der Waals surface area contributed by atoms with Gasteiger partial charge in [-0.15, -0.1) is 0 Å². The van der Waals surface area contributed by atoms with E-state index in [-0.39, 0.29) is 11.7 Å². The number of fused-ring (bicyclic) bond motifs is 1. The highest BCUT2D eigenvalue weighted by molar-refractivity contribution is 5.78. The van der Waals surface area contributed by atoms with E-state index in [1.165, 1.54) is 5.39 Å². The third-order valence-electron chi connectivity index (χ3n) is 5.80. The van der Waals surface area contributed by atoms with Crippen LogP contribution in [0, 0.1) is 0 Å². The molecule has 0 aliphatic carbocycles. The number of ether oxygens (including phenoxy) is 2. The Kier molecular flexibility index (Phi) is 10.2. The number of rotatable bonds is 3. The van der Waals surface area contributed by atoms with Gasteiger partial charge in [-0.1, -0.05) is 24.3 Å². The second kappa shape index (κ2) is 12.5. The van der Waals surface area contributed by atoms with Crippen LogP contribution in [0.25, 0.3) is 10.9 Å². The zero-order chi connectivity index (χ0) is 27.9. The molecule has 2 aromatic rings. The summed E-state index contributed by atoms with van der Waals surface area (Å²) in [4.78, 5) is 25.1. The van der Waals surface area contributed by atoms with Crippen molar-refractivity contribution in [3.8, 4) is 0 Å². The maximum absolute atomic E-state index is 10.6. The number of methoxy groups -OCH3 is 1. The fraction of sp³-hybridized carbons (Fsp3) is 0.522. The summed E-state index contributed by atoms with van der Waals surface area (Å²) in [5.74, 6) is -5.51. The summed E-state index contributed by atoms with van der Waals surface area (Å²) in [6.07, 6.45) is -6.64. The minimum Gasteiger partial charge on any atom is -0.475 e. The highest BCUT2D eigenvalue weighted by Crippen LogP contribution is 2.37. The number of likely N-dealkylation sites (tertiary alicyclic amines) is 1. The normalized spacial score (nSPS) is 19.5. The van der Waals surface area contributed by atoms with Crippen molar-refractivity contribution in [2.45, 2.75) is 49.9 Å². The van der Waals surface area contributed by atoms with E-state index in [0.717, 1.165) is 56.7 Å². The third-order valence-corrected chi connectivity index (χ3v) is 5.80. The molecule has 1 atom stereocenters. The van der Waals surface area contributed by atoms with Gasteiger partial charge in [0, 0.05) is 38.6 Å². The van der Waals surface area contributed by atoms with Crippen molar-refractivity contribution in [2.75, 3.05) is 26.8 Å². The van der Waals surface area contributed by atoms with Gasteiger partial charge in [0.1, 0.15) is 0 Å². The Hall–Kier alpha value is -2.97. The van der Waals surface area contributed by atoms with Crippen LogP contribution in [-0.2, 0) is 25.6 Å². The van der Waals surface area contributed by atoms with E-state index in [1.54, 1.807) is 7.11 Å². The molecule has 37 heavy (non-hydrogen) atoms. The molecule has 1 unspecified atom stereocenters. The molecular formula is C23H26F6N2O6. The Morgan fingerprint density at radius 1 is 1.03 bits per heavy atom. The molecule has 1 spiro atoms. The molecule has 206 valence electrons. The van der Waals surface area contributed by atoms with Crippen LogP contribution in [0.15, 0.2) is 36.4 Å². The first-order chi connectivity index (χ1) is 17.1. The molecule has 0 amide bonds. The average Bonchev–Trinajstić information content (AvgIpc) is 3.23. The first-order valence-electron chi connectivity index (χ1n) is 11.0. The van der Waals surface area contributed by atoms with Gasteiger partial charge in [-0.25, -0.2) is 9.59 Å². The third kappa shape index (κ3) is 9.44. The molecule has 2 saturated heterocycles. The van der Waals surface area contributed by atoms with Gasteiger partial charge in [0.15, 0.2) is 0 Å². The van der Waals surface area contributed by atoms with Crippen molar-refractivity contribution in [2.24, 2.45) is 0 Å². The molecule has 1 aromatic heterocycles. The van der Waals surface area contributed by atoms with Crippen LogP contribution < -0.4 is 0 Å². The van der Waals surface area contributed by atoms with Crippen molar-refractivity contribution in [3.05, 3.63) is 42.1 Å². The topological polar surface area (TPSA) is 109 Å². The van der Waals surface area contributed by atoms with Crippen LogP contribution in [0.1, 0.15) is 25.0 Å². The predicted molar refractivity (Wildman–Crippen MR) is 118 cm³/mol. The number of hydrogen-bond donors (Lipinski definition) is 2. The summed E-state index contributed by atoms with van der Waals surface area (Å²) in [5, 5.41) is 15.5. The quantitative estimate of drug-likeness (QED) is 0.556. The van der Waals surface area contributed by atoms with Crippen LogP contribution in [0.3, 0.4) is 0 Å². The van der Waals surface area contributed by atoms with E-state index in [2.05, 4.69) is 35.2 Å². The number of benzene rings is 1. The number of nitrogens with zero attached hydrogens (tertiary/aromatic N) is 2. The minimum absolute atomic E-state index is 0.0635. The Labute approximate surface area is 207 Å². The van der Waals surface area contributed by atoms with E-state index in [4.69, 9.17) is 34.3 Å². The van der Waals surface area contributed by atoms with Gasteiger partial charge in [0.2, 0.25) is 0 Å². The lowest BCUT2D eigenvalue weighted by molar-refractivity contribution is -0.193. The molecule has 2 fully saturated rings. The number of carbonyl (C=O) groups is 2. The van der Waals surface area contributed by atoms with E-state index < -0.39 is 24.3 Å². The lowest BCUT2D eigenvalue weighted by Gasteiger charge is -2.38. The molecular weight excluding hydrogens is 514 g/mol. The minimum atomic E-state index is -5.08. The summed E-state index contributed by atoms with van der Waals surface area (Å²) in [5.41, 5.74) is 2.30. The zero-order valence-electron chi connectivity index (χ0n) is 19.7. The van der Waals surface area contributed by atoms with E-state index in [1.807, 2.05) is 6.07 Å². The first-order valence-corrected chi connectivity index (χ1v) is 11.0. The Morgan fingerprint density at radius 2 is 1.57 bits per heavy atom. The number of para-hydroxylation sites is 1. The Morgan fingerprint density at radius 3 is 2.05 bits per heavy atom. The van der Waals surface area contributed by atoms with Gasteiger partial charge >= 0.3 is 24.3 Å². The number of piperidine rings is 1. The maximum Gasteiger partial charge on any atom is 0.490 e. The van der Waals surface area contributed by atoms with Crippen molar-refractivity contribution < 1.29 is 55.6 Å². The summed E-state index contributed by atoms with van der Waals surface area (Å²) >= 11 is 0. The number of aromatic nitrogens is 1. The number of alkyl halides is 6. The van der Waals surface area contributed by atoms with Crippen LogP contribution in [-0.4, -0.2) is 82.9 Å². The molecule has 8 nitrogen and oxygen atoms in total. The molecule has 0 saturated carbocycles. The number of carboxylic acid groups (broad SMARTS) is 2. The second-order valence-corrected chi connectivity index (χ2v) is 8.43. The second-order valence-electron chi connectivity index (χ2n) is 8.43. The molecule has 4 rings (SSSR count). The smallest absolute Gasteiger partial charge is 0.475 e. The first kappa shape index (κ1) is 30.3. The zero-order valence-corrected chi connectivity index (χ0v) is 19.7. The van der Waals surface area contributed by atoms with E-state index in [0.29, 0.717) is 0 Å². The highest BCUT2D eigenvalue weighted by atomic mass is 19.4. The van der Waals surface area contributed by atoms with Crippen molar-refractivity contribution in [1.29, 1.82) is 0 Å². The van der Waals surface area contributed by atoms with Gasteiger partial charge < -0.3 is 19.7 Å². The maximum atomic E-state index is 10.6. The molecule has 2 aliphatic rings. The van der Waals surface area contributed by atoms with Crippen molar-refractivity contribution in [1.82, 2.24) is 9.88 Å². The molecule has 2 aliphatic heterocycles. The number of halogens is 6. The Bertz CT molecular complexity index is 1030. The highest BCUT2D eigenvalue weighted by Gasteiger charge is 2.43. The summed E-state index contributed by atoms with van der Waals surface area (Å²) in [6, 6.07) is 12.6. The average molecular weight is 540 g/mol. The standard InChI is InChI=1S/C19H24N2O2.2C2HF3O2/c1-22-17-12-19(23-14-17)8-10-21(11-9-19)13-16-7-6-15-4-2-3-5-18(15)20-16;2*3-2(4,5)1(6)7/h2-7,17H,8-14H2,1H3;2*(H,6,7). The molecule has 2 N–H and O–H groups in total. The number of pyridine rings is 1. The number of aliphatic carboxylic acids is 2. The van der Waals surface area contributed by atoms with Crippen molar-refractivity contribution in [3.63, 3.8) is 0 Å². The van der Waals surface area contributed by atoms with Gasteiger partial charge in [-0.3, -0.25) is 9.88 Å². The lowest BCUT2D eigenvalue weighted by atomic mass is 9.88.